The summed E-state index contributed by atoms with van der Waals surface area (Å²) < 4.78 is 25.5. The minimum absolute atomic E-state index is 0.0782. The number of nitrogens with zero attached hydrogens (tertiary/aromatic N) is 3. The Kier molecular flexibility index (Phi) is 4.25. The molecule has 0 radical (unpaired) electrons. The molecular formula is C26H31N3O4S. The number of piperidine rings is 1. The van der Waals surface area contributed by atoms with Gasteiger partial charge in [-0.1, -0.05) is 43.8 Å². The van der Waals surface area contributed by atoms with Crippen molar-refractivity contribution in [1.29, 1.82) is 0 Å². The van der Waals surface area contributed by atoms with Crippen molar-refractivity contribution in [1.82, 2.24) is 15.1 Å². The third-order valence-corrected chi connectivity index (χ3v) is 10.2. The maximum atomic E-state index is 6.97. The molecule has 1 aromatic heterocycles. The van der Waals surface area contributed by atoms with Gasteiger partial charge >= 0.3 is 0 Å². The highest BCUT2D eigenvalue weighted by Gasteiger charge is 2.79. The molecule has 4 aliphatic carbocycles. The molecule has 2 spiro atoms. The van der Waals surface area contributed by atoms with Gasteiger partial charge in [0.15, 0.2) is 11.5 Å². The van der Waals surface area contributed by atoms with Crippen molar-refractivity contribution in [3.8, 4) is 11.5 Å². The molecule has 4 bridgehead atoms. The Labute approximate surface area is 204 Å². The second kappa shape index (κ2) is 6.80. The number of likely N-dealkylation sites (N-methyl/N-ethyl adjacent to an activating group) is 1. The highest BCUT2D eigenvalue weighted by Crippen LogP contribution is 2.75. The number of rotatable bonds is 5. The van der Waals surface area contributed by atoms with Crippen molar-refractivity contribution in [3.63, 3.8) is 0 Å². The standard InChI is InChI=1S/C26H31N3O4S/c1-14(2)34-23-28-27-21(33-23)16-13-24-8-9-26(16,31-5)22-25(24)10-11-29(3)18(24)12-15-6-7-17(30-4)20(32-22)19(15)25/h6-9,14,16,18,22H,10-13H2,1-5H3/t16-,18-,22-,24-,25+,26-/m1/s1. The van der Waals surface area contributed by atoms with Gasteiger partial charge in [0.25, 0.3) is 5.22 Å². The van der Waals surface area contributed by atoms with Crippen molar-refractivity contribution in [2.75, 3.05) is 27.8 Å². The summed E-state index contributed by atoms with van der Waals surface area (Å²) >= 11 is 1.60. The molecule has 1 saturated carbocycles. The van der Waals surface area contributed by atoms with Crippen LogP contribution >= 0.6 is 11.8 Å². The third kappa shape index (κ3) is 2.24. The van der Waals surface area contributed by atoms with Gasteiger partial charge in [0.1, 0.15) is 11.7 Å². The lowest BCUT2D eigenvalue weighted by molar-refractivity contribution is -0.200. The molecule has 1 aromatic carbocycles. The predicted molar refractivity (Wildman–Crippen MR) is 128 cm³/mol. The maximum Gasteiger partial charge on any atom is 0.276 e. The molecule has 2 aliphatic heterocycles. The summed E-state index contributed by atoms with van der Waals surface area (Å²) in [4.78, 5) is 2.55. The van der Waals surface area contributed by atoms with E-state index in [1.54, 1.807) is 26.0 Å². The zero-order valence-corrected chi connectivity index (χ0v) is 21.1. The topological polar surface area (TPSA) is 69.8 Å². The van der Waals surface area contributed by atoms with Crippen molar-refractivity contribution < 1.29 is 18.6 Å². The van der Waals surface area contributed by atoms with E-state index in [4.69, 9.17) is 18.6 Å². The summed E-state index contributed by atoms with van der Waals surface area (Å²) in [5.41, 5.74) is 1.80. The summed E-state index contributed by atoms with van der Waals surface area (Å²) in [7, 11) is 5.80. The number of hydrogen-bond acceptors (Lipinski definition) is 8. The van der Waals surface area contributed by atoms with Gasteiger partial charge in [-0.15, -0.1) is 10.2 Å². The van der Waals surface area contributed by atoms with Gasteiger partial charge < -0.3 is 23.5 Å². The summed E-state index contributed by atoms with van der Waals surface area (Å²) in [6.45, 7) is 5.30. The van der Waals surface area contributed by atoms with Gasteiger partial charge in [-0.05, 0) is 44.5 Å². The molecule has 2 fully saturated rings. The molecule has 0 unspecified atom stereocenters. The van der Waals surface area contributed by atoms with E-state index in [-0.39, 0.29) is 22.9 Å². The van der Waals surface area contributed by atoms with Crippen LogP contribution < -0.4 is 9.47 Å². The third-order valence-electron chi connectivity index (χ3n) is 9.33. The van der Waals surface area contributed by atoms with E-state index in [9.17, 15) is 0 Å². The van der Waals surface area contributed by atoms with Crippen LogP contribution in [0.2, 0.25) is 0 Å². The molecular weight excluding hydrogens is 450 g/mol. The van der Waals surface area contributed by atoms with Crippen LogP contribution in [0.5, 0.6) is 11.5 Å². The minimum atomic E-state index is -0.687. The monoisotopic (exact) mass is 481 g/mol. The molecule has 0 amide bonds. The average Bonchev–Trinajstić information content (AvgIpc) is 3.44. The molecule has 3 heterocycles. The largest absolute Gasteiger partial charge is 0.493 e. The van der Waals surface area contributed by atoms with Gasteiger partial charge in [-0.25, -0.2) is 0 Å². The first kappa shape index (κ1) is 21.3. The van der Waals surface area contributed by atoms with Crippen molar-refractivity contribution in [2.45, 2.75) is 72.7 Å². The fraction of sp³-hybridized carbons (Fsp3) is 0.615. The number of fused-ring (bicyclic) bond motifs is 1. The molecule has 180 valence electrons. The van der Waals surface area contributed by atoms with Crippen molar-refractivity contribution >= 4 is 11.8 Å². The Morgan fingerprint density at radius 2 is 2.06 bits per heavy atom. The lowest BCUT2D eigenvalue weighted by atomic mass is 9.37. The van der Waals surface area contributed by atoms with Crippen molar-refractivity contribution in [2.24, 2.45) is 5.41 Å². The van der Waals surface area contributed by atoms with E-state index < -0.39 is 5.60 Å². The smallest absolute Gasteiger partial charge is 0.276 e. The summed E-state index contributed by atoms with van der Waals surface area (Å²) in [6.07, 6.45) is 7.47. The lowest BCUT2D eigenvalue weighted by Crippen LogP contribution is -2.78. The first-order valence-corrected chi connectivity index (χ1v) is 13.1. The Morgan fingerprint density at radius 3 is 2.82 bits per heavy atom. The average molecular weight is 482 g/mol. The van der Waals surface area contributed by atoms with Crippen LogP contribution in [0.1, 0.15) is 49.6 Å². The predicted octanol–water partition coefficient (Wildman–Crippen LogP) is 3.97. The molecule has 34 heavy (non-hydrogen) atoms. The Bertz CT molecular complexity index is 1210. The molecule has 6 aliphatic rings. The van der Waals surface area contributed by atoms with Gasteiger partial charge in [0.2, 0.25) is 5.89 Å². The number of methoxy groups -OCH3 is 2. The molecule has 6 atom stereocenters. The molecule has 8 heteroatoms. The van der Waals surface area contributed by atoms with Crippen molar-refractivity contribution in [3.05, 3.63) is 41.3 Å². The SMILES string of the molecule is COc1ccc2c3c1O[C@H]1[C@@]4(OC)C=C[C@@]5(C[C@@H]4c4nnc(SC(C)C)o4)[C@@H](C2)N(C)CC[C@]315. The van der Waals surface area contributed by atoms with Gasteiger partial charge in [0, 0.05) is 29.4 Å². The molecule has 1 saturated heterocycles. The van der Waals surface area contributed by atoms with E-state index in [0.29, 0.717) is 22.4 Å². The van der Waals surface area contributed by atoms with Crippen LogP contribution in [0.25, 0.3) is 0 Å². The van der Waals surface area contributed by atoms with Gasteiger partial charge in [-0.2, -0.15) is 0 Å². The Hall–Kier alpha value is -2.03. The summed E-state index contributed by atoms with van der Waals surface area (Å²) in [5, 5.41) is 9.92. The van der Waals surface area contributed by atoms with E-state index in [0.717, 1.165) is 37.3 Å². The van der Waals surface area contributed by atoms with Crippen LogP contribution in [0.4, 0.5) is 0 Å². The minimum Gasteiger partial charge on any atom is -0.493 e. The number of aromatic nitrogens is 2. The first-order chi connectivity index (χ1) is 16.4. The maximum absolute atomic E-state index is 6.97. The van der Waals surface area contributed by atoms with Crippen LogP contribution in [-0.2, 0) is 16.6 Å². The number of hydrogen-bond donors (Lipinski definition) is 0. The quantitative estimate of drug-likeness (QED) is 0.469. The number of benzene rings is 1. The second-order valence-electron chi connectivity index (χ2n) is 10.8. The van der Waals surface area contributed by atoms with Gasteiger partial charge in [0.05, 0.1) is 18.4 Å². The number of thioether (sulfide) groups is 1. The van der Waals surface area contributed by atoms with Crippen LogP contribution in [0.3, 0.4) is 0 Å². The highest BCUT2D eigenvalue weighted by molar-refractivity contribution is 7.99. The summed E-state index contributed by atoms with van der Waals surface area (Å²) in [5.74, 6) is 2.29. The second-order valence-corrected chi connectivity index (χ2v) is 12.3. The van der Waals surface area contributed by atoms with Crippen LogP contribution in [0.15, 0.2) is 33.9 Å². The van der Waals surface area contributed by atoms with Gasteiger partial charge in [-0.3, -0.25) is 0 Å². The van der Waals surface area contributed by atoms with Crippen LogP contribution in [-0.4, -0.2) is 65.9 Å². The Balaban J connectivity index is 1.46. The van der Waals surface area contributed by atoms with Crippen LogP contribution in [0, 0.1) is 5.41 Å². The van der Waals surface area contributed by atoms with E-state index >= 15 is 0 Å². The molecule has 8 rings (SSSR count). The zero-order chi connectivity index (χ0) is 23.5. The van der Waals surface area contributed by atoms with E-state index in [2.05, 4.69) is 60.3 Å². The first-order valence-electron chi connectivity index (χ1n) is 12.2. The molecule has 7 nitrogen and oxygen atoms in total. The lowest BCUT2D eigenvalue weighted by Gasteiger charge is -2.70. The zero-order valence-electron chi connectivity index (χ0n) is 20.3. The van der Waals surface area contributed by atoms with E-state index in [1.165, 1.54) is 11.1 Å². The fourth-order valence-corrected chi connectivity index (χ4v) is 8.72. The highest BCUT2D eigenvalue weighted by atomic mass is 32.2. The fourth-order valence-electron chi connectivity index (χ4n) is 8.10. The number of ether oxygens (including phenoxy) is 3. The normalized spacial score (nSPS) is 38.8. The summed E-state index contributed by atoms with van der Waals surface area (Å²) in [6, 6.07) is 4.69. The Morgan fingerprint density at radius 1 is 1.21 bits per heavy atom. The molecule has 2 aromatic rings. The molecule has 0 N–H and O–H groups in total. The van der Waals surface area contributed by atoms with E-state index in [1.807, 2.05) is 0 Å². The number of likely N-dealkylation sites (tertiary alicyclic amines) is 1.